The number of amides is 2. The van der Waals surface area contributed by atoms with E-state index >= 15 is 0 Å². The number of halogens is 1. The van der Waals surface area contributed by atoms with E-state index in [1.807, 2.05) is 0 Å². The first-order chi connectivity index (χ1) is 15.5. The molecule has 1 fully saturated rings. The van der Waals surface area contributed by atoms with Crippen molar-refractivity contribution in [1.29, 1.82) is 0 Å². The summed E-state index contributed by atoms with van der Waals surface area (Å²) in [5.41, 5.74) is 0.697. The zero-order valence-electron chi connectivity index (χ0n) is 17.9. The van der Waals surface area contributed by atoms with Crippen LogP contribution in [0.25, 0.3) is 0 Å². The average molecular weight is 478 g/mol. The SMILES string of the molecule is CC(OC(=O)C1CCN(C(=O)c2ccc(F)cc2)CC1)C(=O)Nc1ccc(S(N)(=O)=O)cc1. The third kappa shape index (κ3) is 6.36. The summed E-state index contributed by atoms with van der Waals surface area (Å²) in [6, 6.07) is 10.5. The van der Waals surface area contributed by atoms with E-state index in [9.17, 15) is 27.2 Å². The minimum Gasteiger partial charge on any atom is -0.452 e. The molecule has 11 heteroatoms. The number of hydrogen-bond acceptors (Lipinski definition) is 6. The van der Waals surface area contributed by atoms with E-state index in [0.29, 0.717) is 37.2 Å². The van der Waals surface area contributed by atoms with Crippen molar-refractivity contribution in [3.63, 3.8) is 0 Å². The Bertz CT molecular complexity index is 1130. The van der Waals surface area contributed by atoms with Crippen molar-refractivity contribution in [1.82, 2.24) is 4.90 Å². The second-order valence-electron chi connectivity index (χ2n) is 7.71. The monoisotopic (exact) mass is 477 g/mol. The number of primary sulfonamides is 1. The van der Waals surface area contributed by atoms with Crippen molar-refractivity contribution >= 4 is 33.5 Å². The lowest BCUT2D eigenvalue weighted by molar-refractivity contribution is -0.158. The number of nitrogens with one attached hydrogen (secondary N) is 1. The van der Waals surface area contributed by atoms with Gasteiger partial charge in [-0.3, -0.25) is 14.4 Å². The number of anilines is 1. The van der Waals surface area contributed by atoms with Gasteiger partial charge in [-0.05, 0) is 68.3 Å². The lowest BCUT2D eigenvalue weighted by atomic mass is 9.96. The highest BCUT2D eigenvalue weighted by Crippen LogP contribution is 2.21. The van der Waals surface area contributed by atoms with Gasteiger partial charge in [0.05, 0.1) is 10.8 Å². The van der Waals surface area contributed by atoms with Crippen molar-refractivity contribution in [3.05, 3.63) is 59.9 Å². The lowest BCUT2D eigenvalue weighted by Gasteiger charge is -2.31. The van der Waals surface area contributed by atoms with Gasteiger partial charge in [0.15, 0.2) is 6.10 Å². The molecule has 3 N–H and O–H groups in total. The second-order valence-corrected chi connectivity index (χ2v) is 9.27. The molecule has 9 nitrogen and oxygen atoms in total. The molecule has 0 bridgehead atoms. The van der Waals surface area contributed by atoms with Gasteiger partial charge in [0, 0.05) is 24.3 Å². The van der Waals surface area contributed by atoms with Crippen LogP contribution in [0.4, 0.5) is 10.1 Å². The number of benzene rings is 2. The van der Waals surface area contributed by atoms with Crippen molar-refractivity contribution in [3.8, 4) is 0 Å². The maximum Gasteiger partial charge on any atom is 0.309 e. The predicted molar refractivity (Wildman–Crippen MR) is 117 cm³/mol. The number of sulfonamides is 1. The van der Waals surface area contributed by atoms with Crippen molar-refractivity contribution < 1.29 is 31.9 Å². The summed E-state index contributed by atoms with van der Waals surface area (Å²) in [5, 5.41) is 7.58. The molecule has 3 rings (SSSR count). The standard InChI is InChI=1S/C22H24FN3O6S/c1-14(20(27)25-18-6-8-19(9-7-18)33(24,30)31)32-22(29)16-10-12-26(13-11-16)21(28)15-2-4-17(23)5-3-15/h2-9,14,16H,10-13H2,1H3,(H,25,27)(H2,24,30,31). The number of esters is 1. The maximum absolute atomic E-state index is 13.0. The normalized spacial score (nSPS) is 15.5. The summed E-state index contributed by atoms with van der Waals surface area (Å²) < 4.78 is 40.9. The van der Waals surface area contributed by atoms with Crippen LogP contribution in [0.5, 0.6) is 0 Å². The van der Waals surface area contributed by atoms with Crippen molar-refractivity contribution in [2.75, 3.05) is 18.4 Å². The second kappa shape index (κ2) is 10.1. The first kappa shape index (κ1) is 24.3. The fraction of sp³-hybridized carbons (Fsp3) is 0.318. The number of likely N-dealkylation sites (tertiary alicyclic amines) is 1. The third-order valence-corrected chi connectivity index (χ3v) is 6.25. The molecule has 1 saturated heterocycles. The van der Waals surface area contributed by atoms with Crippen LogP contribution in [0.2, 0.25) is 0 Å². The van der Waals surface area contributed by atoms with Crippen LogP contribution in [-0.4, -0.2) is 50.3 Å². The van der Waals surface area contributed by atoms with Gasteiger partial charge in [-0.15, -0.1) is 0 Å². The number of nitrogens with zero attached hydrogens (tertiary/aromatic N) is 1. The van der Waals surface area contributed by atoms with E-state index in [1.165, 1.54) is 55.5 Å². The zero-order valence-corrected chi connectivity index (χ0v) is 18.7. The van der Waals surface area contributed by atoms with E-state index in [0.717, 1.165) is 0 Å². The molecule has 2 aromatic carbocycles. The Kier molecular flexibility index (Phi) is 7.44. The van der Waals surface area contributed by atoms with Gasteiger partial charge in [-0.2, -0.15) is 0 Å². The Morgan fingerprint density at radius 3 is 2.18 bits per heavy atom. The van der Waals surface area contributed by atoms with Gasteiger partial charge in [0.2, 0.25) is 10.0 Å². The molecule has 1 unspecified atom stereocenters. The Labute approximate surface area is 190 Å². The molecule has 1 atom stereocenters. The number of piperidine rings is 1. The highest BCUT2D eigenvalue weighted by molar-refractivity contribution is 7.89. The fourth-order valence-electron chi connectivity index (χ4n) is 3.39. The van der Waals surface area contributed by atoms with Gasteiger partial charge in [-0.25, -0.2) is 17.9 Å². The number of rotatable bonds is 6. The molecule has 1 aliphatic rings. The van der Waals surface area contributed by atoms with E-state index in [1.54, 1.807) is 4.90 Å². The van der Waals surface area contributed by atoms with Crippen LogP contribution >= 0.6 is 0 Å². The minimum absolute atomic E-state index is 0.0933. The molecule has 0 aliphatic carbocycles. The number of carbonyl (C=O) groups is 3. The summed E-state index contributed by atoms with van der Waals surface area (Å²) >= 11 is 0. The predicted octanol–water partition coefficient (Wildman–Crippen LogP) is 1.90. The highest BCUT2D eigenvalue weighted by Gasteiger charge is 2.30. The van der Waals surface area contributed by atoms with E-state index in [4.69, 9.17) is 9.88 Å². The molecule has 1 heterocycles. The van der Waals surface area contributed by atoms with Crippen LogP contribution < -0.4 is 10.5 Å². The quantitative estimate of drug-likeness (QED) is 0.610. The molecule has 2 aromatic rings. The van der Waals surface area contributed by atoms with Gasteiger partial charge in [0.25, 0.3) is 11.8 Å². The Balaban J connectivity index is 1.48. The molecular formula is C22H24FN3O6S. The van der Waals surface area contributed by atoms with Crippen molar-refractivity contribution in [2.24, 2.45) is 11.1 Å². The number of carbonyl (C=O) groups excluding carboxylic acids is 3. The van der Waals surface area contributed by atoms with Gasteiger partial charge < -0.3 is 15.0 Å². The Morgan fingerprint density at radius 2 is 1.64 bits per heavy atom. The number of nitrogens with two attached hydrogens (primary N) is 1. The molecule has 1 aliphatic heterocycles. The molecular weight excluding hydrogens is 453 g/mol. The summed E-state index contributed by atoms with van der Waals surface area (Å²) in [7, 11) is -3.84. The van der Waals surface area contributed by atoms with Crippen LogP contribution in [0, 0.1) is 11.7 Å². The first-order valence-corrected chi connectivity index (χ1v) is 11.8. The van der Waals surface area contributed by atoms with E-state index < -0.39 is 39.7 Å². The van der Waals surface area contributed by atoms with E-state index in [2.05, 4.69) is 5.32 Å². The minimum atomic E-state index is -3.84. The molecule has 0 saturated carbocycles. The lowest BCUT2D eigenvalue weighted by Crippen LogP contribution is -2.41. The van der Waals surface area contributed by atoms with Crippen molar-refractivity contribution in [2.45, 2.75) is 30.8 Å². The molecule has 33 heavy (non-hydrogen) atoms. The highest BCUT2D eigenvalue weighted by atomic mass is 32.2. The van der Waals surface area contributed by atoms with Gasteiger partial charge >= 0.3 is 5.97 Å². The molecule has 0 spiro atoms. The van der Waals surface area contributed by atoms with Gasteiger partial charge in [-0.1, -0.05) is 0 Å². The van der Waals surface area contributed by atoms with Crippen LogP contribution in [0.3, 0.4) is 0 Å². The zero-order chi connectivity index (χ0) is 24.2. The third-order valence-electron chi connectivity index (χ3n) is 5.32. The smallest absolute Gasteiger partial charge is 0.309 e. The first-order valence-electron chi connectivity index (χ1n) is 10.2. The topological polar surface area (TPSA) is 136 Å². The van der Waals surface area contributed by atoms with Gasteiger partial charge in [0.1, 0.15) is 5.82 Å². The summed E-state index contributed by atoms with van der Waals surface area (Å²) in [6.45, 7) is 2.11. The molecule has 176 valence electrons. The fourth-order valence-corrected chi connectivity index (χ4v) is 3.90. The molecule has 0 radical (unpaired) electrons. The molecule has 2 amide bonds. The van der Waals surface area contributed by atoms with Crippen LogP contribution in [-0.2, 0) is 24.3 Å². The molecule has 0 aromatic heterocycles. The van der Waals surface area contributed by atoms with E-state index in [-0.39, 0.29) is 10.8 Å². The summed E-state index contributed by atoms with van der Waals surface area (Å²) in [5.74, 6) is -2.21. The summed E-state index contributed by atoms with van der Waals surface area (Å²) in [4.78, 5) is 38.8. The average Bonchev–Trinajstić information content (AvgIpc) is 2.79. The Hall–Kier alpha value is -3.31. The summed E-state index contributed by atoms with van der Waals surface area (Å²) in [6.07, 6.45) is -0.307. The maximum atomic E-state index is 13.0. The van der Waals surface area contributed by atoms with Crippen LogP contribution in [0.1, 0.15) is 30.1 Å². The number of hydrogen-bond donors (Lipinski definition) is 2. The number of ether oxygens (including phenoxy) is 1. The Morgan fingerprint density at radius 1 is 1.06 bits per heavy atom. The largest absolute Gasteiger partial charge is 0.452 e. The van der Waals surface area contributed by atoms with Crippen LogP contribution in [0.15, 0.2) is 53.4 Å².